The third kappa shape index (κ3) is 5.61. The topological polar surface area (TPSA) is 49.8 Å². The molecule has 1 amide bonds. The van der Waals surface area contributed by atoms with Crippen LogP contribution in [0.2, 0.25) is 0 Å². The lowest BCUT2D eigenvalue weighted by molar-refractivity contribution is 0.0538. The number of nitrogens with zero attached hydrogens (tertiary/aromatic N) is 1. The zero-order chi connectivity index (χ0) is 15.2. The van der Waals surface area contributed by atoms with Gasteiger partial charge < -0.3 is 14.7 Å². The summed E-state index contributed by atoms with van der Waals surface area (Å²) in [6.45, 7) is 8.69. The minimum absolute atomic E-state index is 0.0464. The van der Waals surface area contributed by atoms with E-state index < -0.39 is 0 Å². The van der Waals surface area contributed by atoms with E-state index in [1.807, 2.05) is 37.3 Å². The summed E-state index contributed by atoms with van der Waals surface area (Å²) >= 11 is 0. The van der Waals surface area contributed by atoms with Crippen molar-refractivity contribution in [3.63, 3.8) is 0 Å². The maximum atomic E-state index is 12.2. The molecule has 0 bridgehead atoms. The second kappa shape index (κ2) is 7.29. The van der Waals surface area contributed by atoms with Crippen LogP contribution in [0.15, 0.2) is 30.3 Å². The highest BCUT2D eigenvalue weighted by molar-refractivity contribution is 5.68. The van der Waals surface area contributed by atoms with Gasteiger partial charge in [-0.25, -0.2) is 4.79 Å². The number of aliphatic hydroxyl groups is 1. The SMILES string of the molecule is CC(CO)N(CC(C)(C)C)C(=O)OCc1ccccc1. The summed E-state index contributed by atoms with van der Waals surface area (Å²) < 4.78 is 5.33. The predicted octanol–water partition coefficient (Wildman–Crippen LogP) is 3.05. The minimum atomic E-state index is -0.384. The quantitative estimate of drug-likeness (QED) is 0.901. The van der Waals surface area contributed by atoms with Gasteiger partial charge in [-0.1, -0.05) is 51.1 Å². The standard InChI is InChI=1S/C16H25NO3/c1-13(10-18)17(12-16(2,3)4)15(19)20-11-14-8-6-5-7-9-14/h5-9,13,18H,10-12H2,1-4H3. The molecule has 1 unspecified atom stereocenters. The molecule has 1 aromatic carbocycles. The number of carbonyl (C=O) groups excluding carboxylic acids is 1. The number of amides is 1. The Morgan fingerprint density at radius 1 is 1.30 bits per heavy atom. The van der Waals surface area contributed by atoms with Crippen LogP contribution in [0.1, 0.15) is 33.3 Å². The van der Waals surface area contributed by atoms with Crippen molar-refractivity contribution in [1.29, 1.82) is 0 Å². The van der Waals surface area contributed by atoms with Crippen molar-refractivity contribution in [3.8, 4) is 0 Å². The van der Waals surface area contributed by atoms with E-state index >= 15 is 0 Å². The van der Waals surface area contributed by atoms with Crippen molar-refractivity contribution in [2.75, 3.05) is 13.2 Å². The Balaban J connectivity index is 2.64. The molecule has 0 aliphatic heterocycles. The molecule has 112 valence electrons. The van der Waals surface area contributed by atoms with Crippen LogP contribution in [-0.2, 0) is 11.3 Å². The van der Waals surface area contributed by atoms with Crippen molar-refractivity contribution in [2.45, 2.75) is 40.3 Å². The van der Waals surface area contributed by atoms with E-state index in [-0.39, 0.29) is 30.8 Å². The van der Waals surface area contributed by atoms with Gasteiger partial charge in [0, 0.05) is 6.54 Å². The lowest BCUT2D eigenvalue weighted by Gasteiger charge is -2.33. The summed E-state index contributed by atoms with van der Waals surface area (Å²) in [4.78, 5) is 13.8. The Bertz CT molecular complexity index is 411. The first-order valence-corrected chi connectivity index (χ1v) is 6.91. The molecular weight excluding hydrogens is 254 g/mol. The highest BCUT2D eigenvalue weighted by Crippen LogP contribution is 2.18. The third-order valence-electron chi connectivity index (χ3n) is 2.88. The number of rotatable bonds is 5. The highest BCUT2D eigenvalue weighted by Gasteiger charge is 2.26. The van der Waals surface area contributed by atoms with Crippen molar-refractivity contribution in [1.82, 2.24) is 4.90 Å². The molecule has 20 heavy (non-hydrogen) atoms. The van der Waals surface area contributed by atoms with E-state index in [4.69, 9.17) is 4.74 Å². The maximum Gasteiger partial charge on any atom is 0.410 e. The summed E-state index contributed by atoms with van der Waals surface area (Å²) in [6, 6.07) is 9.31. The van der Waals surface area contributed by atoms with Gasteiger partial charge in [0.1, 0.15) is 6.61 Å². The molecule has 0 fully saturated rings. The molecule has 4 nitrogen and oxygen atoms in total. The van der Waals surface area contributed by atoms with Crippen molar-refractivity contribution >= 4 is 6.09 Å². The molecule has 0 saturated carbocycles. The predicted molar refractivity (Wildman–Crippen MR) is 79.3 cm³/mol. The summed E-state index contributed by atoms with van der Waals surface area (Å²) in [6.07, 6.45) is -0.384. The fourth-order valence-corrected chi connectivity index (χ4v) is 1.81. The molecule has 0 saturated heterocycles. The largest absolute Gasteiger partial charge is 0.445 e. The average molecular weight is 279 g/mol. The summed E-state index contributed by atoms with van der Waals surface area (Å²) in [7, 11) is 0. The van der Waals surface area contributed by atoms with Gasteiger partial charge in [0.2, 0.25) is 0 Å². The Hall–Kier alpha value is -1.55. The first-order chi connectivity index (χ1) is 9.33. The van der Waals surface area contributed by atoms with Crippen LogP contribution in [0.25, 0.3) is 0 Å². The van der Waals surface area contributed by atoms with Gasteiger partial charge >= 0.3 is 6.09 Å². The van der Waals surface area contributed by atoms with Crippen molar-refractivity contribution in [3.05, 3.63) is 35.9 Å². The Morgan fingerprint density at radius 3 is 2.40 bits per heavy atom. The number of hydrogen-bond donors (Lipinski definition) is 1. The number of benzene rings is 1. The second-order valence-electron chi connectivity index (χ2n) is 6.26. The molecular formula is C16H25NO3. The van der Waals surface area contributed by atoms with E-state index in [0.717, 1.165) is 5.56 Å². The summed E-state index contributed by atoms with van der Waals surface area (Å²) in [5, 5.41) is 9.29. The number of hydrogen-bond acceptors (Lipinski definition) is 3. The Kier molecular flexibility index (Phi) is 6.02. The lowest BCUT2D eigenvalue weighted by atomic mass is 9.95. The first kappa shape index (κ1) is 16.5. The average Bonchev–Trinajstić information content (AvgIpc) is 2.41. The van der Waals surface area contributed by atoms with Crippen LogP contribution < -0.4 is 0 Å². The van der Waals surface area contributed by atoms with Crippen LogP contribution in [0, 0.1) is 5.41 Å². The fourth-order valence-electron chi connectivity index (χ4n) is 1.81. The molecule has 4 heteroatoms. The Labute approximate surface area is 121 Å². The molecule has 0 aliphatic rings. The van der Waals surface area contributed by atoms with E-state index in [0.29, 0.717) is 6.54 Å². The van der Waals surface area contributed by atoms with E-state index in [1.54, 1.807) is 4.90 Å². The first-order valence-electron chi connectivity index (χ1n) is 6.91. The molecule has 0 aromatic heterocycles. The van der Waals surface area contributed by atoms with E-state index in [2.05, 4.69) is 20.8 Å². The maximum absolute atomic E-state index is 12.2. The molecule has 0 aliphatic carbocycles. The molecule has 1 N–H and O–H groups in total. The smallest absolute Gasteiger partial charge is 0.410 e. The zero-order valence-electron chi connectivity index (χ0n) is 12.8. The number of aliphatic hydroxyl groups excluding tert-OH is 1. The van der Waals surface area contributed by atoms with Gasteiger partial charge in [0.25, 0.3) is 0 Å². The van der Waals surface area contributed by atoms with Gasteiger partial charge in [-0.05, 0) is 17.9 Å². The minimum Gasteiger partial charge on any atom is -0.445 e. The van der Waals surface area contributed by atoms with Gasteiger partial charge in [-0.2, -0.15) is 0 Å². The second-order valence-corrected chi connectivity index (χ2v) is 6.26. The monoisotopic (exact) mass is 279 g/mol. The molecule has 0 spiro atoms. The summed E-state index contributed by atoms with van der Waals surface area (Å²) in [5.74, 6) is 0. The van der Waals surface area contributed by atoms with Gasteiger partial charge in [-0.15, -0.1) is 0 Å². The number of carbonyl (C=O) groups is 1. The number of ether oxygens (including phenoxy) is 1. The molecule has 1 atom stereocenters. The van der Waals surface area contributed by atoms with Crippen LogP contribution in [0.4, 0.5) is 4.79 Å². The van der Waals surface area contributed by atoms with Gasteiger partial charge in [0.15, 0.2) is 0 Å². The Morgan fingerprint density at radius 2 is 1.90 bits per heavy atom. The third-order valence-corrected chi connectivity index (χ3v) is 2.88. The molecule has 1 rings (SSSR count). The van der Waals surface area contributed by atoms with Crippen LogP contribution in [0.3, 0.4) is 0 Å². The van der Waals surface area contributed by atoms with E-state index in [1.165, 1.54) is 0 Å². The van der Waals surface area contributed by atoms with Crippen LogP contribution >= 0.6 is 0 Å². The zero-order valence-corrected chi connectivity index (χ0v) is 12.8. The van der Waals surface area contributed by atoms with Gasteiger partial charge in [-0.3, -0.25) is 0 Å². The van der Waals surface area contributed by atoms with E-state index in [9.17, 15) is 9.90 Å². The molecule has 0 radical (unpaired) electrons. The lowest BCUT2D eigenvalue weighted by Crippen LogP contribution is -2.45. The normalized spacial score (nSPS) is 12.8. The summed E-state index contributed by atoms with van der Waals surface area (Å²) in [5.41, 5.74) is 0.906. The highest BCUT2D eigenvalue weighted by atomic mass is 16.6. The molecule has 0 heterocycles. The molecule has 1 aromatic rings. The van der Waals surface area contributed by atoms with Crippen LogP contribution in [0.5, 0.6) is 0 Å². The van der Waals surface area contributed by atoms with Crippen LogP contribution in [-0.4, -0.2) is 35.3 Å². The van der Waals surface area contributed by atoms with Crippen molar-refractivity contribution in [2.24, 2.45) is 5.41 Å². The van der Waals surface area contributed by atoms with Crippen molar-refractivity contribution < 1.29 is 14.6 Å². The fraction of sp³-hybridized carbons (Fsp3) is 0.562. The van der Waals surface area contributed by atoms with Gasteiger partial charge in [0.05, 0.1) is 12.6 Å².